The monoisotopic (exact) mass is 337 g/mol. The molecule has 2 aromatic rings. The van der Waals surface area contributed by atoms with E-state index in [1.165, 1.54) is 23.7 Å². The van der Waals surface area contributed by atoms with Crippen molar-refractivity contribution in [1.29, 1.82) is 0 Å². The number of hydrogen-bond acceptors (Lipinski definition) is 3. The van der Waals surface area contributed by atoms with Gasteiger partial charge in [0.15, 0.2) is 0 Å². The summed E-state index contributed by atoms with van der Waals surface area (Å²) in [6.45, 7) is 3.33. The maximum absolute atomic E-state index is 11.6. The van der Waals surface area contributed by atoms with Gasteiger partial charge in [-0.3, -0.25) is 9.59 Å². The first kappa shape index (κ1) is 17.0. The Hall–Kier alpha value is -2.82. The second-order valence-corrected chi connectivity index (χ2v) is 6.33. The number of fused-ring (bicyclic) bond motifs is 1. The predicted octanol–water partition coefficient (Wildman–Crippen LogP) is 2.96. The SMILES string of the molecule is CNC(=O)c1ccc(CN2CCCc3cc(NC(C)=O)ccc32)cc1. The van der Waals surface area contributed by atoms with Crippen molar-refractivity contribution in [2.24, 2.45) is 0 Å². The molecule has 1 aliphatic rings. The number of amides is 2. The highest BCUT2D eigenvalue weighted by Gasteiger charge is 2.17. The van der Waals surface area contributed by atoms with Gasteiger partial charge in [-0.15, -0.1) is 0 Å². The number of carbonyl (C=O) groups is 2. The number of carbonyl (C=O) groups excluding carboxylic acids is 2. The zero-order chi connectivity index (χ0) is 17.8. The summed E-state index contributed by atoms with van der Waals surface area (Å²) in [5.74, 6) is -0.121. The molecule has 0 aliphatic carbocycles. The van der Waals surface area contributed by atoms with Crippen LogP contribution in [0.3, 0.4) is 0 Å². The fourth-order valence-corrected chi connectivity index (χ4v) is 3.25. The van der Waals surface area contributed by atoms with Crippen molar-refractivity contribution in [2.45, 2.75) is 26.3 Å². The molecule has 130 valence electrons. The molecular weight excluding hydrogens is 314 g/mol. The molecule has 0 unspecified atom stereocenters. The summed E-state index contributed by atoms with van der Waals surface area (Å²) in [4.78, 5) is 25.2. The third-order valence-electron chi connectivity index (χ3n) is 4.43. The Balaban J connectivity index is 1.76. The summed E-state index contributed by atoms with van der Waals surface area (Å²) < 4.78 is 0. The normalized spacial score (nSPS) is 13.1. The molecule has 5 nitrogen and oxygen atoms in total. The van der Waals surface area contributed by atoms with Gasteiger partial charge in [0.2, 0.25) is 5.91 Å². The Bertz CT molecular complexity index is 784. The van der Waals surface area contributed by atoms with E-state index in [0.717, 1.165) is 31.6 Å². The number of benzene rings is 2. The summed E-state index contributed by atoms with van der Waals surface area (Å²) >= 11 is 0. The molecule has 5 heteroatoms. The Labute approximate surface area is 148 Å². The fraction of sp³-hybridized carbons (Fsp3) is 0.300. The standard InChI is InChI=1S/C20H23N3O2/c1-14(24)22-18-9-10-19-17(12-18)4-3-11-23(19)13-15-5-7-16(8-6-15)20(25)21-2/h5-10,12H,3-4,11,13H2,1-2H3,(H,21,25)(H,22,24). The highest BCUT2D eigenvalue weighted by Crippen LogP contribution is 2.30. The van der Waals surface area contributed by atoms with E-state index in [1.54, 1.807) is 7.05 Å². The Morgan fingerprint density at radius 3 is 2.56 bits per heavy atom. The number of nitrogens with one attached hydrogen (secondary N) is 2. The second-order valence-electron chi connectivity index (χ2n) is 6.33. The highest BCUT2D eigenvalue weighted by atomic mass is 16.2. The van der Waals surface area contributed by atoms with Crippen molar-refractivity contribution < 1.29 is 9.59 Å². The number of nitrogens with zero attached hydrogens (tertiary/aromatic N) is 1. The van der Waals surface area contributed by atoms with Gasteiger partial charge < -0.3 is 15.5 Å². The van der Waals surface area contributed by atoms with E-state index in [2.05, 4.69) is 27.7 Å². The molecular formula is C20H23N3O2. The van der Waals surface area contributed by atoms with Gasteiger partial charge in [-0.1, -0.05) is 12.1 Å². The van der Waals surface area contributed by atoms with Crippen LogP contribution < -0.4 is 15.5 Å². The van der Waals surface area contributed by atoms with Gasteiger partial charge >= 0.3 is 0 Å². The maximum atomic E-state index is 11.6. The molecule has 0 radical (unpaired) electrons. The Kier molecular flexibility index (Phi) is 5.03. The number of anilines is 2. The number of hydrogen-bond donors (Lipinski definition) is 2. The van der Waals surface area contributed by atoms with Gasteiger partial charge in [0.1, 0.15) is 0 Å². The van der Waals surface area contributed by atoms with Crippen molar-refractivity contribution in [3.05, 3.63) is 59.2 Å². The lowest BCUT2D eigenvalue weighted by Crippen LogP contribution is -2.29. The van der Waals surface area contributed by atoms with Crippen LogP contribution in [0.5, 0.6) is 0 Å². The summed E-state index contributed by atoms with van der Waals surface area (Å²) in [7, 11) is 1.64. The summed E-state index contributed by atoms with van der Waals surface area (Å²) in [6.07, 6.45) is 2.11. The van der Waals surface area contributed by atoms with Gasteiger partial charge in [-0.25, -0.2) is 0 Å². The molecule has 0 atom stereocenters. The smallest absolute Gasteiger partial charge is 0.251 e. The van der Waals surface area contributed by atoms with E-state index in [4.69, 9.17) is 0 Å². The first-order valence-electron chi connectivity index (χ1n) is 8.53. The average molecular weight is 337 g/mol. The van der Waals surface area contributed by atoms with Crippen molar-refractivity contribution in [1.82, 2.24) is 5.32 Å². The topological polar surface area (TPSA) is 61.4 Å². The zero-order valence-electron chi connectivity index (χ0n) is 14.6. The van der Waals surface area contributed by atoms with Crippen molar-refractivity contribution >= 4 is 23.2 Å². The minimum atomic E-state index is -0.0691. The van der Waals surface area contributed by atoms with Gasteiger partial charge in [0.05, 0.1) is 0 Å². The minimum absolute atomic E-state index is 0.0520. The largest absolute Gasteiger partial charge is 0.367 e. The molecule has 25 heavy (non-hydrogen) atoms. The van der Waals surface area contributed by atoms with E-state index in [9.17, 15) is 9.59 Å². The molecule has 0 saturated carbocycles. The molecule has 1 aliphatic heterocycles. The lowest BCUT2D eigenvalue weighted by Gasteiger charge is -2.32. The minimum Gasteiger partial charge on any atom is -0.367 e. The van der Waals surface area contributed by atoms with Crippen molar-refractivity contribution in [3.8, 4) is 0 Å². The molecule has 1 heterocycles. The lowest BCUT2D eigenvalue weighted by molar-refractivity contribution is -0.114. The van der Waals surface area contributed by atoms with Crippen LogP contribution in [0.2, 0.25) is 0 Å². The third-order valence-corrected chi connectivity index (χ3v) is 4.43. The Morgan fingerprint density at radius 2 is 1.88 bits per heavy atom. The van der Waals surface area contributed by atoms with E-state index < -0.39 is 0 Å². The number of aryl methyl sites for hydroxylation is 1. The van der Waals surface area contributed by atoms with Crippen LogP contribution in [-0.2, 0) is 17.8 Å². The van der Waals surface area contributed by atoms with Crippen LogP contribution in [0.25, 0.3) is 0 Å². The summed E-state index contributed by atoms with van der Waals surface area (Å²) in [6, 6.07) is 13.8. The van der Waals surface area contributed by atoms with E-state index in [0.29, 0.717) is 5.56 Å². The van der Waals surface area contributed by atoms with Crippen molar-refractivity contribution in [2.75, 3.05) is 23.8 Å². The third kappa shape index (κ3) is 3.99. The molecule has 2 N–H and O–H groups in total. The van der Waals surface area contributed by atoms with Crippen LogP contribution in [-0.4, -0.2) is 25.4 Å². The molecule has 0 aromatic heterocycles. The van der Waals surface area contributed by atoms with Gasteiger partial charge in [-0.05, 0) is 54.3 Å². The highest BCUT2D eigenvalue weighted by molar-refractivity contribution is 5.94. The van der Waals surface area contributed by atoms with Crippen LogP contribution in [0.15, 0.2) is 42.5 Å². The number of rotatable bonds is 4. The molecule has 3 rings (SSSR count). The maximum Gasteiger partial charge on any atom is 0.251 e. The fourth-order valence-electron chi connectivity index (χ4n) is 3.25. The van der Waals surface area contributed by atoms with E-state index in [1.807, 2.05) is 30.3 Å². The lowest BCUT2D eigenvalue weighted by atomic mass is 10.00. The summed E-state index contributed by atoms with van der Waals surface area (Å²) in [5.41, 5.74) is 5.18. The van der Waals surface area contributed by atoms with Crippen LogP contribution in [0.1, 0.15) is 34.8 Å². The first-order chi connectivity index (χ1) is 12.1. The van der Waals surface area contributed by atoms with Crippen LogP contribution in [0, 0.1) is 0 Å². The molecule has 0 bridgehead atoms. The van der Waals surface area contributed by atoms with Gasteiger partial charge in [0, 0.05) is 44.0 Å². The average Bonchev–Trinajstić information content (AvgIpc) is 2.61. The first-order valence-corrected chi connectivity index (χ1v) is 8.53. The van der Waals surface area contributed by atoms with E-state index in [-0.39, 0.29) is 11.8 Å². The second kappa shape index (κ2) is 7.38. The Morgan fingerprint density at radius 1 is 1.12 bits per heavy atom. The van der Waals surface area contributed by atoms with Crippen LogP contribution >= 0.6 is 0 Å². The zero-order valence-corrected chi connectivity index (χ0v) is 14.6. The van der Waals surface area contributed by atoms with Crippen molar-refractivity contribution in [3.63, 3.8) is 0 Å². The molecule has 2 aromatic carbocycles. The van der Waals surface area contributed by atoms with Gasteiger partial charge in [0.25, 0.3) is 5.91 Å². The molecule has 0 saturated heterocycles. The summed E-state index contributed by atoms with van der Waals surface area (Å²) in [5, 5.41) is 5.48. The quantitative estimate of drug-likeness (QED) is 0.902. The predicted molar refractivity (Wildman–Crippen MR) is 99.9 cm³/mol. The van der Waals surface area contributed by atoms with E-state index >= 15 is 0 Å². The molecule has 0 fully saturated rings. The molecule has 0 spiro atoms. The van der Waals surface area contributed by atoms with Crippen LogP contribution in [0.4, 0.5) is 11.4 Å². The van der Waals surface area contributed by atoms with Gasteiger partial charge in [-0.2, -0.15) is 0 Å². The molecule has 2 amide bonds.